The first-order valence-electron chi connectivity index (χ1n) is 13.6. The predicted molar refractivity (Wildman–Crippen MR) is 145 cm³/mol. The number of hydrogen-bond acceptors (Lipinski definition) is 13. The van der Waals surface area contributed by atoms with Crippen LogP contribution in [0, 0.1) is 0 Å². The van der Waals surface area contributed by atoms with E-state index >= 15 is 0 Å². The van der Waals surface area contributed by atoms with Crippen LogP contribution in [0.1, 0.15) is 78.4 Å². The minimum Gasteiger partial charge on any atom is -0.463 e. The summed E-state index contributed by atoms with van der Waals surface area (Å²) < 4.78 is 43.4. The molecule has 1 fully saturated rings. The summed E-state index contributed by atoms with van der Waals surface area (Å²) in [4.78, 5) is 59.7. The molecule has 1 aromatic rings. The summed E-state index contributed by atoms with van der Waals surface area (Å²) in [6.07, 6.45) is -7.57. The summed E-state index contributed by atoms with van der Waals surface area (Å²) in [6, 6.07) is 5.67. The number of ether oxygens (including phenoxy) is 8. The van der Waals surface area contributed by atoms with E-state index in [2.05, 4.69) is 0 Å². The summed E-state index contributed by atoms with van der Waals surface area (Å²) >= 11 is 0. The van der Waals surface area contributed by atoms with Crippen molar-refractivity contribution in [3.05, 3.63) is 29.3 Å². The van der Waals surface area contributed by atoms with Gasteiger partial charge in [-0.1, -0.05) is 45.9 Å². The highest BCUT2D eigenvalue weighted by Gasteiger charge is 2.52. The molecule has 0 amide bonds. The molecule has 13 heteroatoms. The van der Waals surface area contributed by atoms with Gasteiger partial charge in [0.15, 0.2) is 24.6 Å². The first kappa shape index (κ1) is 34.5. The molecule has 1 saturated heterocycles. The van der Waals surface area contributed by atoms with Crippen LogP contribution in [0.3, 0.4) is 0 Å². The predicted octanol–water partition coefficient (Wildman–Crippen LogP) is 3.55. The number of carbonyl (C=O) groups excluding carboxylic acids is 5. The Balaban J connectivity index is 2.18. The molecular formula is C29H40O13. The SMILES string of the molecule is CC(=O)OCC1OC(OCCOC(=O)Oc2c(C(C)C)cccc2C(C)C)[C@H](OC(C)=O)C(OC(C)=O)[C@@H]1OC(C)=O. The van der Waals surface area contributed by atoms with Crippen molar-refractivity contribution in [2.75, 3.05) is 19.8 Å². The normalized spacial score (nSPS) is 21.8. The van der Waals surface area contributed by atoms with Crippen LogP contribution in [-0.4, -0.2) is 80.6 Å². The summed E-state index contributed by atoms with van der Waals surface area (Å²) in [5, 5.41) is 0. The molecule has 0 bridgehead atoms. The van der Waals surface area contributed by atoms with Crippen molar-refractivity contribution in [2.24, 2.45) is 0 Å². The lowest BCUT2D eigenvalue weighted by molar-refractivity contribution is -0.308. The molecule has 234 valence electrons. The van der Waals surface area contributed by atoms with Crippen LogP contribution < -0.4 is 4.74 Å². The average molecular weight is 597 g/mol. The van der Waals surface area contributed by atoms with Gasteiger partial charge in [-0.25, -0.2) is 4.79 Å². The third-order valence-corrected chi connectivity index (χ3v) is 6.04. The van der Waals surface area contributed by atoms with Crippen molar-refractivity contribution < 1.29 is 61.9 Å². The van der Waals surface area contributed by atoms with Crippen LogP contribution in [0.15, 0.2) is 18.2 Å². The van der Waals surface area contributed by atoms with Crippen molar-refractivity contribution in [1.82, 2.24) is 0 Å². The highest BCUT2D eigenvalue weighted by molar-refractivity contribution is 5.69. The van der Waals surface area contributed by atoms with E-state index < -0.39 is 67.3 Å². The van der Waals surface area contributed by atoms with E-state index in [0.29, 0.717) is 5.75 Å². The second kappa shape index (κ2) is 16.1. The fraction of sp³-hybridized carbons (Fsp3) is 0.621. The van der Waals surface area contributed by atoms with Gasteiger partial charge in [0.05, 0.1) is 6.61 Å². The van der Waals surface area contributed by atoms with Crippen molar-refractivity contribution in [1.29, 1.82) is 0 Å². The van der Waals surface area contributed by atoms with Crippen molar-refractivity contribution in [3.63, 3.8) is 0 Å². The molecule has 0 spiro atoms. The third kappa shape index (κ3) is 10.3. The molecule has 0 saturated carbocycles. The van der Waals surface area contributed by atoms with Gasteiger partial charge in [-0.15, -0.1) is 0 Å². The first-order valence-corrected chi connectivity index (χ1v) is 13.6. The zero-order valence-electron chi connectivity index (χ0n) is 25.2. The van der Waals surface area contributed by atoms with Crippen molar-refractivity contribution in [3.8, 4) is 5.75 Å². The largest absolute Gasteiger partial charge is 0.513 e. The number of carbonyl (C=O) groups is 5. The van der Waals surface area contributed by atoms with E-state index in [4.69, 9.17) is 37.9 Å². The maximum atomic E-state index is 12.6. The van der Waals surface area contributed by atoms with Gasteiger partial charge >= 0.3 is 30.0 Å². The smallest absolute Gasteiger partial charge is 0.463 e. The molecule has 0 aromatic heterocycles. The molecular weight excluding hydrogens is 556 g/mol. The van der Waals surface area contributed by atoms with Crippen LogP contribution in [0.2, 0.25) is 0 Å². The number of hydrogen-bond donors (Lipinski definition) is 0. The minimum atomic E-state index is -1.39. The molecule has 13 nitrogen and oxygen atoms in total. The molecule has 0 radical (unpaired) electrons. The lowest BCUT2D eigenvalue weighted by Crippen LogP contribution is -2.63. The van der Waals surface area contributed by atoms with E-state index in [1.807, 2.05) is 45.9 Å². The second-order valence-corrected chi connectivity index (χ2v) is 10.2. The standard InChI is InChI=1S/C29H40O13/c1-15(2)21-10-9-11-22(16(3)4)24(21)42-29(34)36-13-12-35-28-27(40-20(8)33)26(39-19(7)32)25(38-18(6)31)23(41-28)14-37-17(5)30/h9-11,15-16,23,25-28H,12-14H2,1-8H3/t23?,25-,26?,27-,28?/m1/s1. The Hall–Kier alpha value is -3.71. The molecule has 1 aliphatic rings. The van der Waals surface area contributed by atoms with Gasteiger partial charge in [0, 0.05) is 27.7 Å². The topological polar surface area (TPSA) is 159 Å². The number of benzene rings is 1. The number of para-hydroxylation sites is 1. The average Bonchev–Trinajstić information content (AvgIpc) is 2.87. The molecule has 1 heterocycles. The lowest BCUT2D eigenvalue weighted by atomic mass is 9.94. The van der Waals surface area contributed by atoms with Gasteiger partial charge in [0.25, 0.3) is 0 Å². The van der Waals surface area contributed by atoms with E-state index in [1.54, 1.807) is 0 Å². The second-order valence-electron chi connectivity index (χ2n) is 10.2. The van der Waals surface area contributed by atoms with Gasteiger partial charge in [-0.3, -0.25) is 19.2 Å². The van der Waals surface area contributed by atoms with E-state index in [-0.39, 0.29) is 25.0 Å². The van der Waals surface area contributed by atoms with Gasteiger partial charge < -0.3 is 37.9 Å². The quantitative estimate of drug-likeness (QED) is 0.149. The Morgan fingerprint density at radius 1 is 0.714 bits per heavy atom. The van der Waals surface area contributed by atoms with Crippen molar-refractivity contribution >= 4 is 30.0 Å². The first-order chi connectivity index (χ1) is 19.7. The molecule has 1 aromatic carbocycles. The third-order valence-electron chi connectivity index (χ3n) is 6.04. The summed E-state index contributed by atoms with van der Waals surface area (Å²) in [5.74, 6) is -2.30. The molecule has 2 rings (SSSR count). The summed E-state index contributed by atoms with van der Waals surface area (Å²) in [5.41, 5.74) is 1.71. The van der Waals surface area contributed by atoms with E-state index in [1.165, 1.54) is 6.92 Å². The lowest BCUT2D eigenvalue weighted by Gasteiger charge is -2.44. The summed E-state index contributed by atoms with van der Waals surface area (Å²) in [7, 11) is 0. The number of rotatable bonds is 12. The van der Waals surface area contributed by atoms with Gasteiger partial charge in [0.2, 0.25) is 0 Å². The highest BCUT2D eigenvalue weighted by atomic mass is 16.8. The Kier molecular flexibility index (Phi) is 13.2. The maximum absolute atomic E-state index is 12.6. The van der Waals surface area contributed by atoms with Gasteiger partial charge in [0.1, 0.15) is 25.1 Å². The molecule has 42 heavy (non-hydrogen) atoms. The maximum Gasteiger partial charge on any atom is 0.513 e. The Morgan fingerprint density at radius 3 is 1.74 bits per heavy atom. The van der Waals surface area contributed by atoms with Crippen LogP contribution in [0.25, 0.3) is 0 Å². The van der Waals surface area contributed by atoms with Crippen LogP contribution >= 0.6 is 0 Å². The fourth-order valence-corrected chi connectivity index (χ4v) is 4.33. The van der Waals surface area contributed by atoms with Gasteiger partial charge in [-0.05, 0) is 23.0 Å². The zero-order valence-corrected chi connectivity index (χ0v) is 25.2. The molecule has 5 atom stereocenters. The van der Waals surface area contributed by atoms with E-state index in [9.17, 15) is 24.0 Å². The van der Waals surface area contributed by atoms with Gasteiger partial charge in [-0.2, -0.15) is 0 Å². The molecule has 1 aliphatic heterocycles. The highest BCUT2D eigenvalue weighted by Crippen LogP contribution is 2.35. The van der Waals surface area contributed by atoms with Crippen LogP contribution in [0.4, 0.5) is 4.79 Å². The van der Waals surface area contributed by atoms with E-state index in [0.717, 1.165) is 31.9 Å². The molecule has 0 aliphatic carbocycles. The van der Waals surface area contributed by atoms with Crippen LogP contribution in [0.5, 0.6) is 5.75 Å². The minimum absolute atomic E-state index is 0.0948. The monoisotopic (exact) mass is 596 g/mol. The zero-order chi connectivity index (χ0) is 31.6. The Labute approximate surface area is 245 Å². The molecule has 3 unspecified atom stereocenters. The summed E-state index contributed by atoms with van der Waals surface area (Å²) in [6.45, 7) is 11.5. The Morgan fingerprint density at radius 2 is 1.24 bits per heavy atom. The Bertz CT molecular complexity index is 1090. The molecule has 0 N–H and O–H groups in total. The fourth-order valence-electron chi connectivity index (χ4n) is 4.33. The van der Waals surface area contributed by atoms with Crippen LogP contribution in [-0.2, 0) is 52.3 Å². The van der Waals surface area contributed by atoms with Crippen molar-refractivity contribution in [2.45, 2.75) is 97.9 Å². The number of esters is 4.